The fourth-order valence-electron chi connectivity index (χ4n) is 3.31. The van der Waals surface area contributed by atoms with E-state index in [1.807, 2.05) is 48.8 Å². The molecule has 0 bridgehead atoms. The summed E-state index contributed by atoms with van der Waals surface area (Å²) in [6.45, 7) is 6.05. The van der Waals surface area contributed by atoms with E-state index in [0.717, 1.165) is 17.9 Å². The Morgan fingerprint density at radius 3 is 3.08 bits per heavy atom. The number of imidazole rings is 1. The van der Waals surface area contributed by atoms with Crippen molar-refractivity contribution in [3.63, 3.8) is 0 Å². The van der Waals surface area contributed by atoms with E-state index in [-0.39, 0.29) is 30.3 Å². The summed E-state index contributed by atoms with van der Waals surface area (Å²) in [6, 6.07) is 5.71. The summed E-state index contributed by atoms with van der Waals surface area (Å²) in [7, 11) is 0. The highest BCUT2D eigenvalue weighted by Gasteiger charge is 2.32. The molecule has 7 heteroatoms. The molecule has 0 spiro atoms. The van der Waals surface area contributed by atoms with E-state index in [0.29, 0.717) is 19.5 Å². The van der Waals surface area contributed by atoms with Crippen LogP contribution in [0.2, 0.25) is 0 Å². The lowest BCUT2D eigenvalue weighted by Gasteiger charge is -2.37. The molecular formula is C18H25N5O2. The second-order valence-corrected chi connectivity index (χ2v) is 6.62. The van der Waals surface area contributed by atoms with Crippen LogP contribution in [-0.4, -0.2) is 57.8 Å². The Bertz CT molecular complexity index is 755. The van der Waals surface area contributed by atoms with Crippen molar-refractivity contribution < 1.29 is 9.59 Å². The second-order valence-electron chi connectivity index (χ2n) is 6.62. The van der Waals surface area contributed by atoms with E-state index < -0.39 is 0 Å². The quantitative estimate of drug-likeness (QED) is 0.805. The summed E-state index contributed by atoms with van der Waals surface area (Å²) in [6.07, 6.45) is 4.68. The van der Waals surface area contributed by atoms with Crippen LogP contribution in [0.25, 0.3) is 5.65 Å². The van der Waals surface area contributed by atoms with Crippen molar-refractivity contribution in [2.75, 3.05) is 19.6 Å². The van der Waals surface area contributed by atoms with Crippen molar-refractivity contribution in [1.29, 1.82) is 0 Å². The molecule has 7 nitrogen and oxygen atoms in total. The minimum absolute atomic E-state index is 0.0584. The highest BCUT2D eigenvalue weighted by atomic mass is 16.2. The third kappa shape index (κ3) is 3.99. The van der Waals surface area contributed by atoms with Crippen LogP contribution in [0.1, 0.15) is 26.0 Å². The zero-order valence-corrected chi connectivity index (χ0v) is 14.7. The number of piperazine rings is 1. The number of rotatable bonds is 6. The van der Waals surface area contributed by atoms with Crippen molar-refractivity contribution >= 4 is 17.5 Å². The molecule has 25 heavy (non-hydrogen) atoms. The summed E-state index contributed by atoms with van der Waals surface area (Å²) in [4.78, 5) is 30.8. The molecular weight excluding hydrogens is 318 g/mol. The number of amides is 2. The molecule has 1 saturated heterocycles. The van der Waals surface area contributed by atoms with Gasteiger partial charge in [-0.25, -0.2) is 4.98 Å². The van der Waals surface area contributed by atoms with Crippen LogP contribution in [0.4, 0.5) is 0 Å². The van der Waals surface area contributed by atoms with Gasteiger partial charge in [0.2, 0.25) is 11.8 Å². The van der Waals surface area contributed by atoms with Crippen LogP contribution in [0, 0.1) is 0 Å². The lowest BCUT2D eigenvalue weighted by molar-refractivity contribution is -0.134. The fraction of sp³-hybridized carbons (Fsp3) is 0.500. The highest BCUT2D eigenvalue weighted by Crippen LogP contribution is 2.12. The summed E-state index contributed by atoms with van der Waals surface area (Å²) in [5.41, 5.74) is 1.95. The van der Waals surface area contributed by atoms with Crippen molar-refractivity contribution in [2.45, 2.75) is 38.8 Å². The molecule has 1 aliphatic heterocycles. The van der Waals surface area contributed by atoms with Gasteiger partial charge in [0.25, 0.3) is 0 Å². The monoisotopic (exact) mass is 343 g/mol. The van der Waals surface area contributed by atoms with Crippen molar-refractivity contribution in [1.82, 2.24) is 24.9 Å². The van der Waals surface area contributed by atoms with Crippen LogP contribution in [0.3, 0.4) is 0 Å². The molecule has 2 aromatic rings. The van der Waals surface area contributed by atoms with E-state index in [9.17, 15) is 9.59 Å². The molecule has 1 aliphatic rings. The average molecular weight is 343 g/mol. The highest BCUT2D eigenvalue weighted by molar-refractivity contribution is 5.88. The zero-order chi connectivity index (χ0) is 17.8. The molecule has 2 amide bonds. The first-order valence-corrected chi connectivity index (χ1v) is 8.77. The first-order chi connectivity index (χ1) is 12.1. The Morgan fingerprint density at radius 2 is 2.28 bits per heavy atom. The second kappa shape index (κ2) is 7.65. The van der Waals surface area contributed by atoms with Gasteiger partial charge in [-0.2, -0.15) is 0 Å². The number of nitrogens with zero attached hydrogens (tertiary/aromatic N) is 3. The first-order valence-electron chi connectivity index (χ1n) is 8.77. The van der Waals surface area contributed by atoms with Gasteiger partial charge < -0.3 is 15.0 Å². The van der Waals surface area contributed by atoms with E-state index in [2.05, 4.69) is 20.5 Å². The van der Waals surface area contributed by atoms with E-state index >= 15 is 0 Å². The zero-order valence-electron chi connectivity index (χ0n) is 14.7. The topological polar surface area (TPSA) is 78.7 Å². The average Bonchev–Trinajstić information content (AvgIpc) is 3.00. The maximum absolute atomic E-state index is 12.3. The molecule has 0 aromatic carbocycles. The number of hydrogen-bond donors (Lipinski definition) is 2. The predicted octanol–water partition coefficient (Wildman–Crippen LogP) is 0.592. The van der Waals surface area contributed by atoms with E-state index in [1.54, 1.807) is 0 Å². The molecule has 1 fully saturated rings. The summed E-state index contributed by atoms with van der Waals surface area (Å²) < 4.78 is 2.02. The summed E-state index contributed by atoms with van der Waals surface area (Å²) >= 11 is 0. The molecule has 3 heterocycles. The maximum Gasteiger partial charge on any atom is 0.237 e. The molecule has 2 N–H and O–H groups in total. The lowest BCUT2D eigenvalue weighted by atomic mass is 10.1. The van der Waals surface area contributed by atoms with Crippen LogP contribution in [0.15, 0.2) is 30.6 Å². The van der Waals surface area contributed by atoms with Crippen molar-refractivity contribution in [3.8, 4) is 0 Å². The Kier molecular flexibility index (Phi) is 5.33. The summed E-state index contributed by atoms with van der Waals surface area (Å²) in [5.74, 6) is -0.154. The molecule has 2 aromatic heterocycles. The number of hydrogen-bond acceptors (Lipinski definition) is 4. The minimum atomic E-state index is -0.385. The van der Waals surface area contributed by atoms with Gasteiger partial charge in [-0.1, -0.05) is 6.07 Å². The van der Waals surface area contributed by atoms with Gasteiger partial charge in [0.05, 0.1) is 12.5 Å². The largest absolute Gasteiger partial charge is 0.356 e. The van der Waals surface area contributed by atoms with Crippen LogP contribution in [-0.2, 0) is 16.0 Å². The van der Waals surface area contributed by atoms with Crippen LogP contribution < -0.4 is 10.6 Å². The SMILES string of the molecule is CC(C)N1CCNC(=O)C1CC(=O)NCCc1cnc2ccccn12. The fourth-order valence-corrected chi connectivity index (χ4v) is 3.31. The van der Waals surface area contributed by atoms with Crippen LogP contribution >= 0.6 is 0 Å². The Labute approximate surface area is 147 Å². The van der Waals surface area contributed by atoms with Gasteiger partial charge in [-0.05, 0) is 26.0 Å². The summed E-state index contributed by atoms with van der Waals surface area (Å²) in [5, 5.41) is 5.77. The normalized spacial score (nSPS) is 18.5. The standard InChI is InChI=1S/C18H25N5O2/c1-13(2)22-10-8-20-18(25)15(22)11-17(24)19-7-6-14-12-21-16-5-3-4-9-23(14)16/h3-5,9,12-13,15H,6-8,10-11H2,1-2H3,(H,19,24)(H,20,25). The van der Waals surface area contributed by atoms with Gasteiger partial charge in [0.15, 0.2) is 0 Å². The third-order valence-corrected chi connectivity index (χ3v) is 4.61. The first kappa shape index (κ1) is 17.4. The van der Waals surface area contributed by atoms with E-state index in [1.165, 1.54) is 0 Å². The Hall–Kier alpha value is -2.41. The van der Waals surface area contributed by atoms with Gasteiger partial charge in [-0.15, -0.1) is 0 Å². The number of carbonyl (C=O) groups is 2. The number of aromatic nitrogens is 2. The lowest BCUT2D eigenvalue weighted by Crippen LogP contribution is -2.58. The van der Waals surface area contributed by atoms with Gasteiger partial charge in [-0.3, -0.25) is 14.5 Å². The molecule has 3 rings (SSSR count). The molecule has 0 aliphatic carbocycles. The molecule has 134 valence electrons. The van der Waals surface area contributed by atoms with Gasteiger partial charge in [0, 0.05) is 50.2 Å². The van der Waals surface area contributed by atoms with E-state index in [4.69, 9.17) is 0 Å². The number of pyridine rings is 1. The minimum Gasteiger partial charge on any atom is -0.356 e. The van der Waals surface area contributed by atoms with Crippen molar-refractivity contribution in [3.05, 3.63) is 36.3 Å². The smallest absolute Gasteiger partial charge is 0.237 e. The number of nitrogens with one attached hydrogen (secondary N) is 2. The number of fused-ring (bicyclic) bond motifs is 1. The Balaban J connectivity index is 1.53. The molecule has 1 unspecified atom stereocenters. The predicted molar refractivity (Wildman–Crippen MR) is 95.2 cm³/mol. The molecule has 0 radical (unpaired) electrons. The van der Waals surface area contributed by atoms with Gasteiger partial charge in [0.1, 0.15) is 5.65 Å². The molecule has 1 atom stereocenters. The Morgan fingerprint density at radius 1 is 1.44 bits per heavy atom. The third-order valence-electron chi connectivity index (χ3n) is 4.61. The molecule has 0 saturated carbocycles. The van der Waals surface area contributed by atoms with Gasteiger partial charge >= 0.3 is 0 Å². The van der Waals surface area contributed by atoms with Crippen molar-refractivity contribution in [2.24, 2.45) is 0 Å². The maximum atomic E-state index is 12.3. The van der Waals surface area contributed by atoms with Crippen LogP contribution in [0.5, 0.6) is 0 Å². The number of carbonyl (C=O) groups excluding carboxylic acids is 2.